The molecule has 1 heterocycles. The lowest BCUT2D eigenvalue weighted by atomic mass is 9.91. The zero-order valence-electron chi connectivity index (χ0n) is 17.2. The zero-order chi connectivity index (χ0) is 22.4. The monoisotopic (exact) mass is 425 g/mol. The van der Waals surface area contributed by atoms with Gasteiger partial charge in [0.1, 0.15) is 0 Å². The van der Waals surface area contributed by atoms with Crippen molar-refractivity contribution in [1.82, 2.24) is 0 Å². The maximum Gasteiger partial charge on any atom is 0.317 e. The Labute approximate surface area is 180 Å². The highest BCUT2D eigenvalue weighted by atomic mass is 16.4. The fourth-order valence-electron chi connectivity index (χ4n) is 3.88. The average Bonchev–Trinajstić information content (AvgIpc) is 2.74. The normalized spacial score (nSPS) is 15.7. The number of carbonyl (C=O) groups is 3. The van der Waals surface area contributed by atoms with Crippen molar-refractivity contribution in [3.8, 4) is 0 Å². The van der Waals surface area contributed by atoms with Crippen LogP contribution in [0.5, 0.6) is 0 Å². The van der Waals surface area contributed by atoms with Gasteiger partial charge in [0.05, 0.1) is 12.5 Å². The number of anilines is 1. The van der Waals surface area contributed by atoms with E-state index in [-0.39, 0.29) is 25.0 Å². The third kappa shape index (κ3) is 5.49. The standard InChI is InChI=1S/C24H27NO6/c26-14-2-4-17-8-12-19(13-9-17)25-21(15-22(25)27)18-10-6-16(7-11-18)3-1-5-20(23(28)29)24(30)31/h6-13,20-21,26H,1-5,14-15H2,(H,28,29)(H,30,31). The fourth-order valence-corrected chi connectivity index (χ4v) is 3.88. The van der Waals surface area contributed by atoms with E-state index in [0.29, 0.717) is 25.7 Å². The van der Waals surface area contributed by atoms with Crippen molar-refractivity contribution in [1.29, 1.82) is 0 Å². The number of carboxylic acids is 2. The summed E-state index contributed by atoms with van der Waals surface area (Å²) in [5.74, 6) is -3.91. The summed E-state index contributed by atoms with van der Waals surface area (Å²) in [6, 6.07) is 15.7. The molecule has 0 saturated carbocycles. The van der Waals surface area contributed by atoms with E-state index < -0.39 is 17.9 Å². The van der Waals surface area contributed by atoms with E-state index in [1.165, 1.54) is 0 Å². The molecule has 1 unspecified atom stereocenters. The van der Waals surface area contributed by atoms with Gasteiger partial charge in [-0.15, -0.1) is 0 Å². The van der Waals surface area contributed by atoms with Crippen LogP contribution in [0.2, 0.25) is 0 Å². The second-order valence-corrected chi connectivity index (χ2v) is 7.84. The van der Waals surface area contributed by atoms with Crippen molar-refractivity contribution >= 4 is 23.5 Å². The summed E-state index contributed by atoms with van der Waals surface area (Å²) in [7, 11) is 0. The molecule has 0 bridgehead atoms. The molecule has 0 spiro atoms. The largest absolute Gasteiger partial charge is 0.481 e. The van der Waals surface area contributed by atoms with E-state index in [0.717, 1.165) is 28.8 Å². The van der Waals surface area contributed by atoms with Gasteiger partial charge < -0.3 is 20.2 Å². The van der Waals surface area contributed by atoms with E-state index >= 15 is 0 Å². The highest BCUT2D eigenvalue weighted by Crippen LogP contribution is 2.39. The number of carbonyl (C=O) groups excluding carboxylic acids is 1. The molecule has 2 aromatic rings. The Kier molecular flexibility index (Phi) is 7.41. The van der Waals surface area contributed by atoms with Crippen LogP contribution in [-0.2, 0) is 27.2 Å². The number of amides is 1. The summed E-state index contributed by atoms with van der Waals surface area (Å²) in [6.07, 6.45) is 3.12. The summed E-state index contributed by atoms with van der Waals surface area (Å²) in [5.41, 5.74) is 4.01. The minimum Gasteiger partial charge on any atom is -0.481 e. The zero-order valence-corrected chi connectivity index (χ0v) is 17.2. The minimum atomic E-state index is -1.37. The first-order chi connectivity index (χ1) is 14.9. The van der Waals surface area contributed by atoms with Gasteiger partial charge in [-0.1, -0.05) is 36.4 Å². The number of hydrogen-bond acceptors (Lipinski definition) is 4. The molecule has 2 aromatic carbocycles. The topological polar surface area (TPSA) is 115 Å². The molecule has 3 N–H and O–H groups in total. The molecule has 3 rings (SSSR count). The highest BCUT2D eigenvalue weighted by molar-refractivity contribution is 6.01. The van der Waals surface area contributed by atoms with Crippen LogP contribution in [0.1, 0.15) is 48.4 Å². The van der Waals surface area contributed by atoms with Crippen LogP contribution in [0.25, 0.3) is 0 Å². The maximum absolute atomic E-state index is 12.3. The van der Waals surface area contributed by atoms with Crippen molar-refractivity contribution < 1.29 is 29.7 Å². The van der Waals surface area contributed by atoms with Gasteiger partial charge in [-0.05, 0) is 60.9 Å². The Morgan fingerprint density at radius 1 is 0.903 bits per heavy atom. The number of aliphatic hydroxyl groups excluding tert-OH is 1. The van der Waals surface area contributed by atoms with Gasteiger partial charge in [0, 0.05) is 12.3 Å². The molecule has 0 radical (unpaired) electrons. The fraction of sp³-hybridized carbons (Fsp3) is 0.375. The molecular formula is C24H27NO6. The Hall–Kier alpha value is -3.19. The van der Waals surface area contributed by atoms with Crippen LogP contribution in [0, 0.1) is 5.92 Å². The number of β-lactam (4-membered cyclic amide) rings is 1. The molecular weight excluding hydrogens is 398 g/mol. The van der Waals surface area contributed by atoms with Gasteiger partial charge >= 0.3 is 11.9 Å². The molecule has 1 fully saturated rings. The number of aliphatic hydroxyl groups is 1. The number of rotatable bonds is 11. The maximum atomic E-state index is 12.3. The van der Waals surface area contributed by atoms with Gasteiger partial charge in [0.25, 0.3) is 0 Å². The lowest BCUT2D eigenvalue weighted by Gasteiger charge is -2.41. The van der Waals surface area contributed by atoms with Gasteiger partial charge in [-0.3, -0.25) is 14.4 Å². The second-order valence-electron chi connectivity index (χ2n) is 7.84. The first kappa shape index (κ1) is 22.5. The number of benzene rings is 2. The van der Waals surface area contributed by atoms with Crippen LogP contribution >= 0.6 is 0 Å². The van der Waals surface area contributed by atoms with Crippen LogP contribution in [0.3, 0.4) is 0 Å². The number of carboxylic acid groups (broad SMARTS) is 2. The van der Waals surface area contributed by atoms with Gasteiger partial charge in [-0.2, -0.15) is 0 Å². The molecule has 31 heavy (non-hydrogen) atoms. The highest BCUT2D eigenvalue weighted by Gasteiger charge is 2.38. The summed E-state index contributed by atoms with van der Waals surface area (Å²) >= 11 is 0. The third-order valence-electron chi connectivity index (χ3n) is 5.71. The van der Waals surface area contributed by atoms with Crippen molar-refractivity contribution in [3.63, 3.8) is 0 Å². The summed E-state index contributed by atoms with van der Waals surface area (Å²) < 4.78 is 0. The third-order valence-corrected chi connectivity index (χ3v) is 5.71. The molecule has 0 aromatic heterocycles. The van der Waals surface area contributed by atoms with E-state index in [1.807, 2.05) is 48.5 Å². The Morgan fingerprint density at radius 3 is 1.97 bits per heavy atom. The summed E-state index contributed by atoms with van der Waals surface area (Å²) in [4.78, 5) is 36.0. The smallest absolute Gasteiger partial charge is 0.317 e. The first-order valence-electron chi connectivity index (χ1n) is 10.5. The van der Waals surface area contributed by atoms with Crippen LogP contribution in [0.15, 0.2) is 48.5 Å². The average molecular weight is 425 g/mol. The summed E-state index contributed by atoms with van der Waals surface area (Å²) in [6.45, 7) is 0.157. The predicted molar refractivity (Wildman–Crippen MR) is 115 cm³/mol. The number of aryl methyl sites for hydroxylation is 2. The molecule has 1 saturated heterocycles. The van der Waals surface area contributed by atoms with E-state index in [2.05, 4.69) is 0 Å². The van der Waals surface area contributed by atoms with Crippen molar-refractivity contribution in [2.24, 2.45) is 5.92 Å². The lowest BCUT2D eigenvalue weighted by Crippen LogP contribution is -2.46. The van der Waals surface area contributed by atoms with Gasteiger partial charge in [0.2, 0.25) is 5.91 Å². The predicted octanol–water partition coefficient (Wildman–Crippen LogP) is 3.20. The second kappa shape index (κ2) is 10.2. The van der Waals surface area contributed by atoms with Gasteiger partial charge in [-0.25, -0.2) is 0 Å². The molecule has 1 aliphatic rings. The van der Waals surface area contributed by atoms with Crippen molar-refractivity contribution in [2.45, 2.75) is 44.6 Å². The minimum absolute atomic E-state index is 0.0201. The number of hydrogen-bond donors (Lipinski definition) is 3. The first-order valence-corrected chi connectivity index (χ1v) is 10.5. The Bertz CT molecular complexity index is 908. The molecule has 1 aliphatic heterocycles. The number of nitrogens with zero attached hydrogens (tertiary/aromatic N) is 1. The molecule has 7 nitrogen and oxygen atoms in total. The Balaban J connectivity index is 1.59. The molecule has 7 heteroatoms. The van der Waals surface area contributed by atoms with E-state index in [9.17, 15) is 14.4 Å². The SMILES string of the molecule is O=C(O)C(CCCc1ccc(C2CC(=O)N2c2ccc(CCCO)cc2)cc1)C(=O)O. The van der Waals surface area contributed by atoms with E-state index in [1.54, 1.807) is 4.90 Å². The molecule has 1 amide bonds. The Morgan fingerprint density at radius 2 is 1.45 bits per heavy atom. The van der Waals surface area contributed by atoms with Gasteiger partial charge in [0.15, 0.2) is 5.92 Å². The number of aliphatic carboxylic acids is 2. The molecule has 164 valence electrons. The quantitative estimate of drug-likeness (QED) is 0.376. The van der Waals surface area contributed by atoms with E-state index in [4.69, 9.17) is 15.3 Å². The molecule has 0 aliphatic carbocycles. The summed E-state index contributed by atoms with van der Waals surface area (Å²) in [5, 5.41) is 26.8. The van der Waals surface area contributed by atoms with Crippen molar-refractivity contribution in [2.75, 3.05) is 11.5 Å². The van der Waals surface area contributed by atoms with Crippen LogP contribution in [0.4, 0.5) is 5.69 Å². The van der Waals surface area contributed by atoms with Crippen molar-refractivity contribution in [3.05, 3.63) is 65.2 Å². The lowest BCUT2D eigenvalue weighted by molar-refractivity contribution is -0.154. The molecule has 1 atom stereocenters. The van der Waals surface area contributed by atoms with Crippen LogP contribution in [-0.4, -0.2) is 39.8 Å². The van der Waals surface area contributed by atoms with Crippen LogP contribution < -0.4 is 4.90 Å².